The predicted octanol–water partition coefficient (Wildman–Crippen LogP) is 5.85. The van der Waals surface area contributed by atoms with Gasteiger partial charge in [0.15, 0.2) is 29.4 Å². The van der Waals surface area contributed by atoms with Gasteiger partial charge in [-0.15, -0.1) is 10.2 Å². The highest BCUT2D eigenvalue weighted by Crippen LogP contribution is 2.40. The molecule has 176 valence electrons. The van der Waals surface area contributed by atoms with Crippen LogP contribution in [0.3, 0.4) is 0 Å². The lowest BCUT2D eigenvalue weighted by Gasteiger charge is -2.26. The van der Waals surface area contributed by atoms with Crippen LogP contribution in [0.15, 0.2) is 53.1 Å². The molecule has 0 amide bonds. The summed E-state index contributed by atoms with van der Waals surface area (Å²) < 4.78 is 59.1. The number of fused-ring (bicyclic) bond motifs is 1. The molecule has 0 N–H and O–H groups in total. The Bertz CT molecular complexity index is 1330. The van der Waals surface area contributed by atoms with Crippen molar-refractivity contribution in [1.29, 1.82) is 0 Å². The number of aromatic nitrogens is 4. The smallest absolute Gasteiger partial charge is 0.419 e. The van der Waals surface area contributed by atoms with Gasteiger partial charge in [0, 0.05) is 19.0 Å². The fourth-order valence-corrected chi connectivity index (χ4v) is 4.14. The van der Waals surface area contributed by atoms with Crippen molar-refractivity contribution in [2.75, 3.05) is 7.11 Å². The second-order valence-electron chi connectivity index (χ2n) is 7.93. The first-order chi connectivity index (χ1) is 16.3. The summed E-state index contributed by atoms with van der Waals surface area (Å²) >= 11 is 0. The van der Waals surface area contributed by atoms with E-state index in [4.69, 9.17) is 13.9 Å². The van der Waals surface area contributed by atoms with Gasteiger partial charge in [-0.2, -0.15) is 13.2 Å². The van der Waals surface area contributed by atoms with Crippen LogP contribution >= 0.6 is 0 Å². The first-order valence-corrected chi connectivity index (χ1v) is 10.7. The van der Waals surface area contributed by atoms with Crippen LogP contribution in [-0.4, -0.2) is 26.9 Å². The largest absolute Gasteiger partial charge is 0.496 e. The lowest BCUT2D eigenvalue weighted by atomic mass is 10.1. The number of hydrogen-bond donors (Lipinski definition) is 0. The lowest BCUT2D eigenvalue weighted by Crippen LogP contribution is -2.22. The van der Waals surface area contributed by atoms with Crippen LogP contribution in [0.4, 0.5) is 13.2 Å². The van der Waals surface area contributed by atoms with Crippen LogP contribution in [0.25, 0.3) is 22.7 Å². The molecule has 1 unspecified atom stereocenters. The summed E-state index contributed by atoms with van der Waals surface area (Å²) in [5.41, 5.74) is 0.692. The van der Waals surface area contributed by atoms with Crippen molar-refractivity contribution in [2.24, 2.45) is 0 Å². The van der Waals surface area contributed by atoms with E-state index < -0.39 is 17.8 Å². The van der Waals surface area contributed by atoms with Gasteiger partial charge < -0.3 is 18.5 Å². The van der Waals surface area contributed by atoms with Crippen molar-refractivity contribution in [1.82, 2.24) is 19.7 Å². The van der Waals surface area contributed by atoms with E-state index in [1.54, 1.807) is 20.2 Å². The maximum absolute atomic E-state index is 13.4. The number of benzene rings is 2. The quantitative estimate of drug-likeness (QED) is 0.364. The standard InChI is InChI=1S/C24H21F3N4O3/c1-14-28-13-21(33-14)16-10-9-15(12-20(16)32-2)22-29-30-23-19(8-5-11-31(22)23)34-18-7-4-3-6-17(18)24(25,26)27/h3-4,6-7,9-10,12-13,19H,5,8,11H2,1-2H3. The Morgan fingerprint density at radius 1 is 1.09 bits per heavy atom. The molecule has 7 nitrogen and oxygen atoms in total. The molecule has 0 saturated carbocycles. The van der Waals surface area contributed by atoms with Gasteiger partial charge in [0.25, 0.3) is 0 Å². The summed E-state index contributed by atoms with van der Waals surface area (Å²) in [6.45, 7) is 2.39. The molecule has 4 aromatic rings. The highest BCUT2D eigenvalue weighted by atomic mass is 19.4. The van der Waals surface area contributed by atoms with Gasteiger partial charge in [0.05, 0.1) is 24.4 Å². The highest BCUT2D eigenvalue weighted by molar-refractivity contribution is 5.71. The van der Waals surface area contributed by atoms with Crippen molar-refractivity contribution >= 4 is 0 Å². The van der Waals surface area contributed by atoms with Crippen molar-refractivity contribution in [3.8, 4) is 34.2 Å². The zero-order valence-electron chi connectivity index (χ0n) is 18.5. The Labute approximate surface area is 193 Å². The van der Waals surface area contributed by atoms with E-state index in [9.17, 15) is 13.2 Å². The van der Waals surface area contributed by atoms with Gasteiger partial charge in [0.1, 0.15) is 11.5 Å². The average molecular weight is 470 g/mol. The molecule has 2 aromatic heterocycles. The maximum Gasteiger partial charge on any atom is 0.419 e. The van der Waals surface area contributed by atoms with Crippen molar-refractivity contribution in [2.45, 2.75) is 38.6 Å². The normalized spacial score (nSPS) is 15.7. The maximum atomic E-state index is 13.4. The van der Waals surface area contributed by atoms with E-state index >= 15 is 0 Å². The number of para-hydroxylation sites is 1. The molecule has 1 atom stereocenters. The first kappa shape index (κ1) is 22.0. The highest BCUT2D eigenvalue weighted by Gasteiger charge is 2.36. The fraction of sp³-hybridized carbons (Fsp3) is 0.292. The zero-order chi connectivity index (χ0) is 23.9. The summed E-state index contributed by atoms with van der Waals surface area (Å²) in [6, 6.07) is 10.8. The van der Waals surface area contributed by atoms with Gasteiger partial charge in [-0.25, -0.2) is 4.98 Å². The van der Waals surface area contributed by atoms with E-state index in [0.29, 0.717) is 48.4 Å². The molecule has 0 aliphatic carbocycles. The number of halogens is 3. The first-order valence-electron chi connectivity index (χ1n) is 10.7. The van der Waals surface area contributed by atoms with Gasteiger partial charge in [-0.05, 0) is 37.1 Å². The Morgan fingerprint density at radius 3 is 2.65 bits per heavy atom. The van der Waals surface area contributed by atoms with Crippen LogP contribution in [-0.2, 0) is 12.7 Å². The third kappa shape index (κ3) is 4.00. The number of methoxy groups -OCH3 is 1. The van der Waals surface area contributed by atoms with E-state index in [1.165, 1.54) is 18.2 Å². The van der Waals surface area contributed by atoms with Crippen LogP contribution in [0, 0.1) is 6.92 Å². The number of rotatable bonds is 5. The van der Waals surface area contributed by atoms with E-state index in [-0.39, 0.29) is 5.75 Å². The number of aryl methyl sites for hydroxylation is 1. The molecule has 0 radical (unpaired) electrons. The molecule has 1 aliphatic rings. The fourth-order valence-electron chi connectivity index (χ4n) is 4.14. The molecular weight excluding hydrogens is 449 g/mol. The number of ether oxygens (including phenoxy) is 2. The summed E-state index contributed by atoms with van der Waals surface area (Å²) in [6.07, 6.45) is -2.27. The Kier molecular flexibility index (Phi) is 5.51. The van der Waals surface area contributed by atoms with Gasteiger partial charge >= 0.3 is 6.18 Å². The second kappa shape index (κ2) is 8.51. The summed E-state index contributed by atoms with van der Waals surface area (Å²) in [5, 5.41) is 8.61. The molecule has 1 aliphatic heterocycles. The number of nitrogens with zero attached hydrogens (tertiary/aromatic N) is 4. The van der Waals surface area contributed by atoms with E-state index in [2.05, 4.69) is 15.2 Å². The average Bonchev–Trinajstić information content (AvgIpc) is 3.45. The summed E-state index contributed by atoms with van der Waals surface area (Å²) in [7, 11) is 1.56. The Morgan fingerprint density at radius 2 is 1.91 bits per heavy atom. The van der Waals surface area contributed by atoms with Crippen molar-refractivity contribution in [3.63, 3.8) is 0 Å². The van der Waals surface area contributed by atoms with Crippen LogP contribution in [0.2, 0.25) is 0 Å². The summed E-state index contributed by atoms with van der Waals surface area (Å²) in [4.78, 5) is 4.13. The molecule has 10 heteroatoms. The Balaban J connectivity index is 1.48. The zero-order valence-corrected chi connectivity index (χ0v) is 18.5. The molecule has 0 fully saturated rings. The van der Waals surface area contributed by atoms with Gasteiger partial charge in [0.2, 0.25) is 0 Å². The second-order valence-corrected chi connectivity index (χ2v) is 7.93. The van der Waals surface area contributed by atoms with Gasteiger partial charge in [-0.1, -0.05) is 18.2 Å². The monoisotopic (exact) mass is 470 g/mol. The molecule has 0 bridgehead atoms. The lowest BCUT2D eigenvalue weighted by molar-refractivity contribution is -0.139. The molecular formula is C24H21F3N4O3. The molecule has 2 aromatic carbocycles. The van der Waals surface area contributed by atoms with E-state index in [1.807, 2.05) is 22.8 Å². The minimum Gasteiger partial charge on any atom is -0.496 e. The minimum absolute atomic E-state index is 0.216. The predicted molar refractivity (Wildman–Crippen MR) is 116 cm³/mol. The topological polar surface area (TPSA) is 75.2 Å². The molecule has 5 rings (SSSR count). The van der Waals surface area contributed by atoms with Crippen LogP contribution in [0.5, 0.6) is 11.5 Å². The van der Waals surface area contributed by atoms with Crippen molar-refractivity contribution in [3.05, 3.63) is 65.9 Å². The van der Waals surface area contributed by atoms with Gasteiger partial charge in [-0.3, -0.25) is 0 Å². The Hall–Kier alpha value is -3.82. The third-order valence-corrected chi connectivity index (χ3v) is 5.72. The van der Waals surface area contributed by atoms with Crippen molar-refractivity contribution < 1.29 is 27.1 Å². The number of hydrogen-bond acceptors (Lipinski definition) is 6. The molecule has 0 spiro atoms. The summed E-state index contributed by atoms with van der Waals surface area (Å²) in [5.74, 6) is 2.57. The minimum atomic E-state index is -4.51. The third-order valence-electron chi connectivity index (χ3n) is 5.72. The van der Waals surface area contributed by atoms with E-state index in [0.717, 1.165) is 17.2 Å². The molecule has 34 heavy (non-hydrogen) atoms. The van der Waals surface area contributed by atoms with Crippen LogP contribution in [0.1, 0.15) is 36.2 Å². The van der Waals surface area contributed by atoms with Crippen LogP contribution < -0.4 is 9.47 Å². The SMILES string of the molecule is COc1cc(-c2nnc3n2CCCC3Oc2ccccc2C(F)(F)F)ccc1-c1cnc(C)o1. The number of alkyl halides is 3. The molecule has 3 heterocycles. The molecule has 0 saturated heterocycles. The number of oxazole rings is 1.